The number of H-pyrrole nitrogens is 1. The Bertz CT molecular complexity index is 552. The van der Waals surface area contributed by atoms with Gasteiger partial charge in [0.1, 0.15) is 16.4 Å². The van der Waals surface area contributed by atoms with Crippen LogP contribution in [-0.4, -0.2) is 32.8 Å². The number of carbonyl (C=O) groups is 1. The van der Waals surface area contributed by atoms with Crippen LogP contribution in [0.15, 0.2) is 24.5 Å². The van der Waals surface area contributed by atoms with Crippen LogP contribution in [0.4, 0.5) is 0 Å². The first-order valence-electron chi connectivity index (χ1n) is 5.44. The molecule has 2 atom stereocenters. The third-order valence-electron chi connectivity index (χ3n) is 2.69. The first kappa shape index (κ1) is 11.8. The fourth-order valence-electron chi connectivity index (χ4n) is 1.77. The number of nitrogens with one attached hydrogen (secondary N) is 2. The van der Waals surface area contributed by atoms with Crippen LogP contribution in [0.3, 0.4) is 0 Å². The molecule has 0 aromatic carbocycles. The van der Waals surface area contributed by atoms with Gasteiger partial charge in [-0.05, 0) is 12.1 Å². The van der Waals surface area contributed by atoms with E-state index in [9.17, 15) is 4.79 Å². The van der Waals surface area contributed by atoms with Gasteiger partial charge in [-0.15, -0.1) is 23.1 Å². The van der Waals surface area contributed by atoms with E-state index >= 15 is 0 Å². The molecule has 18 heavy (non-hydrogen) atoms. The fraction of sp³-hybridized carbons (Fsp3) is 0.273. The number of aromatic amines is 1. The number of carboxylic acids is 1. The van der Waals surface area contributed by atoms with E-state index < -0.39 is 12.0 Å². The first-order valence-corrected chi connectivity index (χ1v) is 7.30. The van der Waals surface area contributed by atoms with Crippen LogP contribution in [0.5, 0.6) is 0 Å². The molecule has 94 valence electrons. The Labute approximate surface area is 112 Å². The average molecular weight is 281 g/mol. The molecule has 2 aromatic rings. The number of hydrogen-bond acceptors (Lipinski definition) is 5. The van der Waals surface area contributed by atoms with Crippen molar-refractivity contribution in [3.05, 3.63) is 29.5 Å². The second-order valence-electron chi connectivity index (χ2n) is 3.92. The Balaban J connectivity index is 1.77. The van der Waals surface area contributed by atoms with Crippen LogP contribution >= 0.6 is 23.1 Å². The molecule has 0 spiro atoms. The third-order valence-corrected chi connectivity index (χ3v) is 5.15. The molecule has 1 fully saturated rings. The molecule has 2 unspecified atom stereocenters. The van der Waals surface area contributed by atoms with Crippen LogP contribution in [0.25, 0.3) is 10.6 Å². The van der Waals surface area contributed by atoms with Crippen molar-refractivity contribution in [2.45, 2.75) is 11.4 Å². The molecule has 1 saturated heterocycles. The number of aromatic nitrogens is 2. The highest BCUT2D eigenvalue weighted by Gasteiger charge is 2.31. The number of thioether (sulfide) groups is 1. The molecule has 7 heteroatoms. The molecule has 0 radical (unpaired) electrons. The normalized spacial score (nSPS) is 23.3. The topological polar surface area (TPSA) is 78.0 Å². The summed E-state index contributed by atoms with van der Waals surface area (Å²) < 4.78 is 0. The molecule has 1 aliphatic rings. The molecule has 0 amide bonds. The Morgan fingerprint density at radius 3 is 3.11 bits per heavy atom. The van der Waals surface area contributed by atoms with Crippen molar-refractivity contribution in [2.75, 3.05) is 5.75 Å². The molecule has 1 aliphatic heterocycles. The predicted molar refractivity (Wildman–Crippen MR) is 71.7 cm³/mol. The first-order chi connectivity index (χ1) is 8.74. The van der Waals surface area contributed by atoms with Crippen molar-refractivity contribution in [3.63, 3.8) is 0 Å². The lowest BCUT2D eigenvalue weighted by atomic mass is 10.3. The summed E-state index contributed by atoms with van der Waals surface area (Å²) in [5, 5.41) is 12.9. The number of carboxylic acid groups (broad SMARTS) is 1. The minimum atomic E-state index is -0.800. The van der Waals surface area contributed by atoms with E-state index in [0.29, 0.717) is 5.75 Å². The highest BCUT2D eigenvalue weighted by molar-refractivity contribution is 7.99. The number of nitrogens with zero attached hydrogens (tertiary/aromatic N) is 1. The lowest BCUT2D eigenvalue weighted by Gasteiger charge is -2.06. The molecule has 3 heterocycles. The van der Waals surface area contributed by atoms with Gasteiger partial charge in [0, 0.05) is 18.1 Å². The summed E-state index contributed by atoms with van der Waals surface area (Å²) in [7, 11) is 0. The molecule has 0 bridgehead atoms. The van der Waals surface area contributed by atoms with Gasteiger partial charge in [-0.3, -0.25) is 10.1 Å². The van der Waals surface area contributed by atoms with Gasteiger partial charge in [-0.25, -0.2) is 4.98 Å². The zero-order valence-electron chi connectivity index (χ0n) is 9.29. The molecule has 5 nitrogen and oxygen atoms in total. The maximum Gasteiger partial charge on any atom is 0.321 e. The Morgan fingerprint density at radius 1 is 1.56 bits per heavy atom. The van der Waals surface area contributed by atoms with E-state index in [1.165, 1.54) is 0 Å². The predicted octanol–water partition coefficient (Wildman–Crippen LogP) is 1.93. The summed E-state index contributed by atoms with van der Waals surface area (Å²) in [6.45, 7) is 0. The van der Waals surface area contributed by atoms with Crippen molar-refractivity contribution < 1.29 is 9.90 Å². The van der Waals surface area contributed by atoms with E-state index in [2.05, 4.69) is 15.3 Å². The Kier molecular flexibility index (Phi) is 3.11. The van der Waals surface area contributed by atoms with Gasteiger partial charge in [0.15, 0.2) is 0 Å². The van der Waals surface area contributed by atoms with Gasteiger partial charge in [0.05, 0.1) is 10.6 Å². The van der Waals surface area contributed by atoms with Gasteiger partial charge >= 0.3 is 5.97 Å². The minimum Gasteiger partial charge on any atom is -0.480 e. The van der Waals surface area contributed by atoms with E-state index in [4.69, 9.17) is 5.11 Å². The van der Waals surface area contributed by atoms with Crippen molar-refractivity contribution in [1.29, 1.82) is 0 Å². The van der Waals surface area contributed by atoms with Crippen molar-refractivity contribution in [3.8, 4) is 10.6 Å². The monoisotopic (exact) mass is 281 g/mol. The molecule has 2 aromatic heterocycles. The Hall–Kier alpha value is -1.31. The fourth-order valence-corrected chi connectivity index (χ4v) is 4.06. The molecular formula is C11H11N3O2S2. The highest BCUT2D eigenvalue weighted by atomic mass is 32.2. The van der Waals surface area contributed by atoms with E-state index in [1.807, 2.05) is 24.5 Å². The maximum atomic E-state index is 10.9. The quantitative estimate of drug-likeness (QED) is 0.801. The second-order valence-corrected chi connectivity index (χ2v) is 6.12. The summed E-state index contributed by atoms with van der Waals surface area (Å²) in [4.78, 5) is 19.4. The lowest BCUT2D eigenvalue weighted by Crippen LogP contribution is -2.33. The van der Waals surface area contributed by atoms with E-state index in [0.717, 1.165) is 15.6 Å². The summed E-state index contributed by atoms with van der Waals surface area (Å²) in [5.74, 6) is -0.219. The number of aliphatic carboxylic acids is 1. The molecular weight excluding hydrogens is 270 g/mol. The zero-order valence-corrected chi connectivity index (χ0v) is 10.9. The van der Waals surface area contributed by atoms with E-state index in [1.54, 1.807) is 23.1 Å². The van der Waals surface area contributed by atoms with Crippen LogP contribution in [-0.2, 0) is 4.79 Å². The number of thiazole rings is 1. The standard InChI is InChI=1S/C11H11N3O2S2/c15-11(16)7-5-17-10(14-7)9-13-4-8(18-9)6-2-1-3-12-6/h1-4,7,10,12,14H,5H2,(H,15,16). The number of hydrogen-bond donors (Lipinski definition) is 3. The van der Waals surface area contributed by atoms with Crippen molar-refractivity contribution >= 4 is 29.1 Å². The van der Waals surface area contributed by atoms with Crippen LogP contribution in [0, 0.1) is 0 Å². The van der Waals surface area contributed by atoms with Crippen LogP contribution in [0.2, 0.25) is 0 Å². The van der Waals surface area contributed by atoms with E-state index in [-0.39, 0.29) is 5.37 Å². The smallest absolute Gasteiger partial charge is 0.321 e. The van der Waals surface area contributed by atoms with Gasteiger partial charge in [0.2, 0.25) is 0 Å². The Morgan fingerprint density at radius 2 is 2.44 bits per heavy atom. The van der Waals surface area contributed by atoms with Gasteiger partial charge < -0.3 is 10.1 Å². The summed E-state index contributed by atoms with van der Waals surface area (Å²) in [6.07, 6.45) is 3.69. The van der Waals surface area contributed by atoms with Gasteiger partial charge in [0.25, 0.3) is 0 Å². The summed E-state index contributed by atoms with van der Waals surface area (Å²) in [5.41, 5.74) is 1.04. The summed E-state index contributed by atoms with van der Waals surface area (Å²) >= 11 is 3.17. The van der Waals surface area contributed by atoms with Gasteiger partial charge in [-0.2, -0.15) is 0 Å². The lowest BCUT2D eigenvalue weighted by molar-refractivity contribution is -0.138. The molecule has 3 rings (SSSR count). The number of rotatable bonds is 3. The zero-order chi connectivity index (χ0) is 12.5. The molecule has 0 saturated carbocycles. The van der Waals surface area contributed by atoms with Crippen LogP contribution in [0.1, 0.15) is 10.4 Å². The third kappa shape index (κ3) is 2.16. The minimum absolute atomic E-state index is 0.0141. The molecule has 3 N–H and O–H groups in total. The SMILES string of the molecule is O=C(O)C1CSC(c2ncc(-c3ccc[nH]3)s2)N1. The highest BCUT2D eigenvalue weighted by Crippen LogP contribution is 2.37. The second kappa shape index (κ2) is 4.75. The van der Waals surface area contributed by atoms with Crippen LogP contribution < -0.4 is 5.32 Å². The largest absolute Gasteiger partial charge is 0.480 e. The summed E-state index contributed by atoms with van der Waals surface area (Å²) in [6, 6.07) is 3.46. The van der Waals surface area contributed by atoms with Crippen molar-refractivity contribution in [2.24, 2.45) is 0 Å². The van der Waals surface area contributed by atoms with Gasteiger partial charge in [-0.1, -0.05) is 0 Å². The van der Waals surface area contributed by atoms with Crippen molar-refractivity contribution in [1.82, 2.24) is 15.3 Å². The maximum absolute atomic E-state index is 10.9. The average Bonchev–Trinajstić information content (AvgIpc) is 3.10. The molecule has 0 aliphatic carbocycles.